The summed E-state index contributed by atoms with van der Waals surface area (Å²) in [6.45, 7) is 3.02. The fourth-order valence-corrected chi connectivity index (χ4v) is 3.36. The fraction of sp³-hybridized carbons (Fsp3) is 0.643. The quantitative estimate of drug-likeness (QED) is 0.720. The predicted molar refractivity (Wildman–Crippen MR) is 80.8 cm³/mol. The summed E-state index contributed by atoms with van der Waals surface area (Å²) >= 11 is 5.10. The molecular formula is C14H20BrNOS. The second-order valence-electron chi connectivity index (χ2n) is 4.75. The lowest BCUT2D eigenvalue weighted by molar-refractivity contribution is 0.0586. The summed E-state index contributed by atoms with van der Waals surface area (Å²) < 4.78 is 0. The molecule has 2 nitrogen and oxygen atoms in total. The van der Waals surface area contributed by atoms with Crippen LogP contribution in [0.5, 0.6) is 0 Å². The first-order valence-electron chi connectivity index (χ1n) is 6.72. The lowest BCUT2D eigenvalue weighted by Crippen LogP contribution is -2.44. The van der Waals surface area contributed by atoms with Crippen LogP contribution in [0.3, 0.4) is 0 Å². The molecule has 1 fully saturated rings. The lowest BCUT2D eigenvalue weighted by Gasteiger charge is -2.37. The van der Waals surface area contributed by atoms with Crippen molar-refractivity contribution in [3.8, 4) is 0 Å². The van der Waals surface area contributed by atoms with E-state index in [1.165, 1.54) is 24.1 Å². The molecule has 1 aliphatic carbocycles. The third-order valence-electron chi connectivity index (χ3n) is 3.53. The monoisotopic (exact) mass is 329 g/mol. The van der Waals surface area contributed by atoms with Gasteiger partial charge in [-0.2, -0.15) is 0 Å². The van der Waals surface area contributed by atoms with Crippen LogP contribution in [0.2, 0.25) is 0 Å². The van der Waals surface area contributed by atoms with Gasteiger partial charge in [-0.1, -0.05) is 22.9 Å². The van der Waals surface area contributed by atoms with Crippen LogP contribution < -0.4 is 0 Å². The van der Waals surface area contributed by atoms with Crippen molar-refractivity contribution in [3.63, 3.8) is 0 Å². The Morgan fingerprint density at radius 2 is 2.28 bits per heavy atom. The van der Waals surface area contributed by atoms with Gasteiger partial charge in [0.2, 0.25) is 0 Å². The molecule has 2 rings (SSSR count). The number of thiophene rings is 1. The molecule has 1 amide bonds. The summed E-state index contributed by atoms with van der Waals surface area (Å²) in [5, 5.41) is 0.966. The summed E-state index contributed by atoms with van der Waals surface area (Å²) in [7, 11) is 0. The first-order chi connectivity index (χ1) is 8.76. The Balaban J connectivity index is 2.06. The second-order valence-corrected chi connectivity index (χ2v) is 6.71. The largest absolute Gasteiger partial charge is 0.335 e. The van der Waals surface area contributed by atoms with Gasteiger partial charge in [0.05, 0.1) is 4.88 Å². The smallest absolute Gasteiger partial charge is 0.264 e. The van der Waals surface area contributed by atoms with Crippen LogP contribution in [0.25, 0.3) is 0 Å². The highest BCUT2D eigenvalue weighted by Gasteiger charge is 2.29. The third kappa shape index (κ3) is 3.15. The van der Waals surface area contributed by atoms with E-state index in [9.17, 15) is 4.79 Å². The van der Waals surface area contributed by atoms with Crippen LogP contribution in [0.15, 0.2) is 12.1 Å². The van der Waals surface area contributed by atoms with Gasteiger partial charge in [0.25, 0.3) is 5.91 Å². The van der Waals surface area contributed by atoms with Crippen molar-refractivity contribution in [3.05, 3.63) is 21.9 Å². The molecule has 4 heteroatoms. The van der Waals surface area contributed by atoms with E-state index in [-0.39, 0.29) is 5.91 Å². The number of rotatable bonds is 6. The van der Waals surface area contributed by atoms with Crippen molar-refractivity contribution >= 4 is 33.2 Å². The van der Waals surface area contributed by atoms with E-state index in [4.69, 9.17) is 0 Å². The van der Waals surface area contributed by atoms with Gasteiger partial charge in [0, 0.05) is 22.8 Å². The molecule has 1 aromatic rings. The number of hydrogen-bond acceptors (Lipinski definition) is 2. The maximum atomic E-state index is 12.5. The maximum absolute atomic E-state index is 12.5. The normalized spacial score (nSPS) is 15.4. The molecule has 1 heterocycles. The standard InChI is InChI=1S/C14H20BrNOS/c1-2-12-7-8-13(18-12)14(17)16(10-4-9-15)11-5-3-6-11/h7-8,11H,2-6,9-10H2,1H3. The van der Waals surface area contributed by atoms with E-state index in [1.807, 2.05) is 6.07 Å². The summed E-state index contributed by atoms with van der Waals surface area (Å²) in [6, 6.07) is 4.57. The van der Waals surface area contributed by atoms with Gasteiger partial charge >= 0.3 is 0 Å². The molecule has 18 heavy (non-hydrogen) atoms. The lowest BCUT2D eigenvalue weighted by atomic mass is 9.91. The summed E-state index contributed by atoms with van der Waals surface area (Å²) in [4.78, 5) is 16.8. The molecule has 0 N–H and O–H groups in total. The van der Waals surface area contributed by atoms with Gasteiger partial charge in [-0.05, 0) is 44.2 Å². The van der Waals surface area contributed by atoms with Crippen LogP contribution >= 0.6 is 27.3 Å². The minimum absolute atomic E-state index is 0.241. The zero-order valence-electron chi connectivity index (χ0n) is 10.8. The van der Waals surface area contributed by atoms with E-state index in [2.05, 4.69) is 33.8 Å². The Bertz CT molecular complexity index is 400. The molecule has 100 valence electrons. The van der Waals surface area contributed by atoms with E-state index in [0.717, 1.165) is 29.6 Å². The van der Waals surface area contributed by atoms with Gasteiger partial charge in [-0.3, -0.25) is 4.79 Å². The maximum Gasteiger partial charge on any atom is 0.264 e. The number of carbonyl (C=O) groups excluding carboxylic acids is 1. The third-order valence-corrected chi connectivity index (χ3v) is 5.31. The molecule has 0 atom stereocenters. The van der Waals surface area contributed by atoms with Crippen LogP contribution in [-0.4, -0.2) is 28.7 Å². The first kappa shape index (κ1) is 14.1. The van der Waals surface area contributed by atoms with E-state index in [0.29, 0.717) is 6.04 Å². The van der Waals surface area contributed by atoms with E-state index < -0.39 is 0 Å². The second kappa shape index (κ2) is 6.71. The topological polar surface area (TPSA) is 20.3 Å². The zero-order chi connectivity index (χ0) is 13.0. The highest BCUT2D eigenvalue weighted by atomic mass is 79.9. The molecule has 1 aliphatic rings. The van der Waals surface area contributed by atoms with Crippen molar-refractivity contribution in [1.82, 2.24) is 4.90 Å². The zero-order valence-corrected chi connectivity index (χ0v) is 13.2. The van der Waals surface area contributed by atoms with Gasteiger partial charge in [-0.25, -0.2) is 0 Å². The van der Waals surface area contributed by atoms with E-state index >= 15 is 0 Å². The number of carbonyl (C=O) groups is 1. The van der Waals surface area contributed by atoms with Crippen molar-refractivity contribution in [1.29, 1.82) is 0 Å². The molecule has 0 aliphatic heterocycles. The Morgan fingerprint density at radius 1 is 1.50 bits per heavy atom. The average molecular weight is 330 g/mol. The predicted octanol–water partition coefficient (Wildman–Crippen LogP) is 4.09. The van der Waals surface area contributed by atoms with Crippen LogP contribution in [0.1, 0.15) is 47.2 Å². The molecule has 0 spiro atoms. The summed E-state index contributed by atoms with van der Waals surface area (Å²) in [5.74, 6) is 0.241. The number of amides is 1. The fourth-order valence-electron chi connectivity index (χ4n) is 2.20. The minimum Gasteiger partial charge on any atom is -0.335 e. The van der Waals surface area contributed by atoms with Crippen LogP contribution in [-0.2, 0) is 6.42 Å². The summed E-state index contributed by atoms with van der Waals surface area (Å²) in [6.07, 6.45) is 5.69. The molecular weight excluding hydrogens is 310 g/mol. The number of hydrogen-bond donors (Lipinski definition) is 0. The van der Waals surface area contributed by atoms with E-state index in [1.54, 1.807) is 11.3 Å². The van der Waals surface area contributed by atoms with Gasteiger partial charge in [-0.15, -0.1) is 11.3 Å². The van der Waals surface area contributed by atoms with Crippen molar-refractivity contribution in [2.75, 3.05) is 11.9 Å². The highest BCUT2D eigenvalue weighted by Crippen LogP contribution is 2.28. The Kier molecular flexibility index (Phi) is 5.25. The number of aryl methyl sites for hydroxylation is 1. The van der Waals surface area contributed by atoms with Gasteiger partial charge in [0.15, 0.2) is 0 Å². The van der Waals surface area contributed by atoms with Crippen molar-refractivity contribution < 1.29 is 4.79 Å². The SMILES string of the molecule is CCc1ccc(C(=O)N(CCCBr)C2CCC2)s1. The van der Waals surface area contributed by atoms with Crippen LogP contribution in [0, 0.1) is 0 Å². The number of alkyl halides is 1. The van der Waals surface area contributed by atoms with Gasteiger partial charge in [0.1, 0.15) is 0 Å². The number of nitrogens with zero attached hydrogens (tertiary/aromatic N) is 1. The Morgan fingerprint density at radius 3 is 2.78 bits per heavy atom. The van der Waals surface area contributed by atoms with Crippen molar-refractivity contribution in [2.45, 2.75) is 45.1 Å². The number of halogens is 1. The average Bonchev–Trinajstić information content (AvgIpc) is 2.79. The summed E-state index contributed by atoms with van der Waals surface area (Å²) in [5.41, 5.74) is 0. The minimum atomic E-state index is 0.241. The molecule has 0 saturated heterocycles. The van der Waals surface area contributed by atoms with Crippen molar-refractivity contribution in [2.24, 2.45) is 0 Å². The Labute approximate surface area is 122 Å². The Hall–Kier alpha value is -0.350. The first-order valence-corrected chi connectivity index (χ1v) is 8.65. The molecule has 0 aromatic carbocycles. The van der Waals surface area contributed by atoms with Gasteiger partial charge < -0.3 is 4.90 Å². The molecule has 1 aromatic heterocycles. The molecule has 1 saturated carbocycles. The van der Waals surface area contributed by atoms with Crippen LogP contribution in [0.4, 0.5) is 0 Å². The molecule has 0 bridgehead atoms. The highest BCUT2D eigenvalue weighted by molar-refractivity contribution is 9.09. The molecule has 0 radical (unpaired) electrons. The molecule has 0 unspecified atom stereocenters.